The van der Waals surface area contributed by atoms with Gasteiger partial charge < -0.3 is 0 Å². The molecule has 0 radical (unpaired) electrons. The van der Waals surface area contributed by atoms with Gasteiger partial charge in [0.15, 0.2) is 10.7 Å². The number of para-hydroxylation sites is 1. The zero-order chi connectivity index (χ0) is 16.8. The second-order valence-electron chi connectivity index (χ2n) is 5.50. The first-order chi connectivity index (χ1) is 11.6. The molecule has 0 fully saturated rings. The standard InChI is InChI=1S/C17H13N3O3S/c1-19-10-14-16(18-19)13-9-12(24(22)23)7-8-15(13)20(17(14)21)11-5-3-2-4-6-11/h2-10,24H,1H3. The quantitative estimate of drug-likeness (QED) is 0.566. The molecule has 0 bridgehead atoms. The number of benzene rings is 2. The van der Waals surface area contributed by atoms with Crippen molar-refractivity contribution in [2.75, 3.05) is 0 Å². The summed E-state index contributed by atoms with van der Waals surface area (Å²) in [7, 11) is -0.979. The van der Waals surface area contributed by atoms with Gasteiger partial charge in [0.2, 0.25) is 0 Å². The number of nitrogens with zero attached hydrogens (tertiary/aromatic N) is 3. The Hall–Kier alpha value is -2.93. The van der Waals surface area contributed by atoms with E-state index >= 15 is 0 Å². The number of aryl methyl sites for hydroxylation is 1. The summed E-state index contributed by atoms with van der Waals surface area (Å²) >= 11 is 0. The molecule has 0 aliphatic rings. The van der Waals surface area contributed by atoms with E-state index in [-0.39, 0.29) is 10.5 Å². The van der Waals surface area contributed by atoms with Crippen LogP contribution in [0.4, 0.5) is 0 Å². The first-order valence-corrected chi connectivity index (χ1v) is 8.46. The number of pyridine rings is 1. The number of hydrogen-bond donors (Lipinski definition) is 1. The van der Waals surface area contributed by atoms with Crippen molar-refractivity contribution in [2.24, 2.45) is 7.05 Å². The van der Waals surface area contributed by atoms with Gasteiger partial charge in [-0.05, 0) is 30.3 Å². The maximum atomic E-state index is 13.0. The molecule has 0 aliphatic carbocycles. The van der Waals surface area contributed by atoms with Gasteiger partial charge in [-0.25, -0.2) is 8.42 Å². The normalized spacial score (nSPS) is 11.6. The largest absolute Gasteiger partial charge is 0.276 e. The molecule has 0 unspecified atom stereocenters. The van der Waals surface area contributed by atoms with Gasteiger partial charge in [0, 0.05) is 24.3 Å². The van der Waals surface area contributed by atoms with Crippen LogP contribution in [0.5, 0.6) is 0 Å². The van der Waals surface area contributed by atoms with Gasteiger partial charge in [-0.15, -0.1) is 0 Å². The van der Waals surface area contributed by atoms with Gasteiger partial charge in [0.1, 0.15) is 5.52 Å². The predicted molar refractivity (Wildman–Crippen MR) is 92.4 cm³/mol. The fourth-order valence-corrected chi connectivity index (χ4v) is 3.36. The van der Waals surface area contributed by atoms with Crippen LogP contribution in [0.1, 0.15) is 0 Å². The van der Waals surface area contributed by atoms with Crippen molar-refractivity contribution in [3.63, 3.8) is 0 Å². The van der Waals surface area contributed by atoms with Crippen LogP contribution in [0.25, 0.3) is 27.5 Å². The van der Waals surface area contributed by atoms with Crippen LogP contribution in [0, 0.1) is 0 Å². The Bertz CT molecular complexity index is 1210. The minimum absolute atomic E-state index is 0.184. The number of rotatable bonds is 2. The number of thiol groups is 1. The maximum Gasteiger partial charge on any atom is 0.266 e. The van der Waals surface area contributed by atoms with Crippen molar-refractivity contribution in [1.29, 1.82) is 0 Å². The average Bonchev–Trinajstić information content (AvgIpc) is 2.98. The number of aromatic nitrogens is 3. The molecular formula is C17H13N3O3S. The first kappa shape index (κ1) is 14.6. The second kappa shape index (κ2) is 5.31. The lowest BCUT2D eigenvalue weighted by molar-refractivity contribution is 0.614. The highest BCUT2D eigenvalue weighted by Gasteiger charge is 2.15. The monoisotopic (exact) mass is 339 g/mol. The van der Waals surface area contributed by atoms with Gasteiger partial charge >= 0.3 is 0 Å². The van der Waals surface area contributed by atoms with Crippen LogP contribution < -0.4 is 5.56 Å². The van der Waals surface area contributed by atoms with Crippen LogP contribution in [0.3, 0.4) is 0 Å². The Morgan fingerprint density at radius 3 is 2.46 bits per heavy atom. The van der Waals surface area contributed by atoms with Gasteiger partial charge in [-0.2, -0.15) is 5.10 Å². The molecule has 4 rings (SSSR count). The van der Waals surface area contributed by atoms with Crippen molar-refractivity contribution in [3.8, 4) is 5.69 Å². The minimum Gasteiger partial charge on any atom is -0.276 e. The van der Waals surface area contributed by atoms with Crippen molar-refractivity contribution in [2.45, 2.75) is 4.90 Å². The van der Waals surface area contributed by atoms with E-state index in [0.717, 1.165) is 5.69 Å². The van der Waals surface area contributed by atoms with Gasteiger partial charge in [-0.1, -0.05) is 18.2 Å². The Balaban J connectivity index is 2.26. The van der Waals surface area contributed by atoms with E-state index in [1.165, 1.54) is 6.07 Å². The van der Waals surface area contributed by atoms with E-state index in [4.69, 9.17) is 0 Å². The van der Waals surface area contributed by atoms with Crippen LogP contribution in [0.2, 0.25) is 0 Å². The fourth-order valence-electron chi connectivity index (χ4n) is 2.93. The smallest absolute Gasteiger partial charge is 0.266 e. The summed E-state index contributed by atoms with van der Waals surface area (Å²) in [5.41, 5.74) is 1.66. The molecule has 0 aliphatic heterocycles. The predicted octanol–water partition coefficient (Wildman–Crippen LogP) is 1.85. The molecule has 6 nitrogen and oxygen atoms in total. The van der Waals surface area contributed by atoms with E-state index in [9.17, 15) is 13.2 Å². The number of fused-ring (bicyclic) bond motifs is 3. The maximum absolute atomic E-state index is 13.0. The summed E-state index contributed by atoms with van der Waals surface area (Å²) in [4.78, 5) is 13.2. The van der Waals surface area contributed by atoms with Crippen molar-refractivity contribution >= 4 is 32.5 Å². The van der Waals surface area contributed by atoms with Crippen molar-refractivity contribution < 1.29 is 8.42 Å². The lowest BCUT2D eigenvalue weighted by Crippen LogP contribution is -2.18. The molecule has 0 amide bonds. The summed E-state index contributed by atoms with van der Waals surface area (Å²) in [6, 6.07) is 14.0. The molecule has 0 N–H and O–H groups in total. The van der Waals surface area contributed by atoms with E-state index in [2.05, 4.69) is 5.10 Å². The molecule has 120 valence electrons. The lowest BCUT2D eigenvalue weighted by atomic mass is 10.1. The third-order valence-electron chi connectivity index (χ3n) is 3.96. The summed E-state index contributed by atoms with van der Waals surface area (Å²) in [6.45, 7) is 0. The van der Waals surface area contributed by atoms with Gasteiger partial charge in [-0.3, -0.25) is 14.0 Å². The Morgan fingerprint density at radius 1 is 1.00 bits per heavy atom. The highest BCUT2D eigenvalue weighted by molar-refractivity contribution is 7.72. The summed E-state index contributed by atoms with van der Waals surface area (Å²) in [6.07, 6.45) is 1.65. The second-order valence-corrected chi connectivity index (χ2v) is 6.53. The SMILES string of the molecule is Cn1cc2c(=O)n(-c3ccccc3)c3ccc([SH](=O)=O)cc3c2n1. The molecule has 2 aromatic carbocycles. The molecule has 7 heteroatoms. The third-order valence-corrected chi connectivity index (χ3v) is 4.66. The van der Waals surface area contributed by atoms with Crippen molar-refractivity contribution in [1.82, 2.24) is 14.3 Å². The van der Waals surface area contributed by atoms with E-state index in [1.54, 1.807) is 34.6 Å². The summed E-state index contributed by atoms with van der Waals surface area (Å²) in [5, 5.41) is 5.43. The molecular weight excluding hydrogens is 326 g/mol. The van der Waals surface area contributed by atoms with Gasteiger partial charge in [0.25, 0.3) is 5.56 Å². The third kappa shape index (κ3) is 2.13. The van der Waals surface area contributed by atoms with E-state index in [0.29, 0.717) is 21.8 Å². The zero-order valence-electron chi connectivity index (χ0n) is 12.7. The van der Waals surface area contributed by atoms with Crippen LogP contribution >= 0.6 is 0 Å². The van der Waals surface area contributed by atoms with Crippen molar-refractivity contribution in [3.05, 3.63) is 65.1 Å². The molecule has 0 saturated carbocycles. The van der Waals surface area contributed by atoms with Gasteiger partial charge in [0.05, 0.1) is 15.8 Å². The van der Waals surface area contributed by atoms with Crippen LogP contribution in [0.15, 0.2) is 64.4 Å². The average molecular weight is 339 g/mol. The summed E-state index contributed by atoms with van der Waals surface area (Å²) < 4.78 is 25.8. The summed E-state index contributed by atoms with van der Waals surface area (Å²) in [5.74, 6) is 0. The molecule has 2 heterocycles. The van der Waals surface area contributed by atoms with E-state index in [1.807, 2.05) is 30.3 Å². The molecule has 0 spiro atoms. The van der Waals surface area contributed by atoms with E-state index < -0.39 is 10.7 Å². The van der Waals surface area contributed by atoms with Crippen LogP contribution in [-0.4, -0.2) is 22.8 Å². The highest BCUT2D eigenvalue weighted by Crippen LogP contribution is 2.25. The minimum atomic E-state index is -2.71. The fraction of sp³-hybridized carbons (Fsp3) is 0.0588. The molecule has 4 aromatic rings. The Morgan fingerprint density at radius 2 is 1.75 bits per heavy atom. The topological polar surface area (TPSA) is 74.0 Å². The van der Waals surface area contributed by atoms with Crippen LogP contribution in [-0.2, 0) is 17.8 Å². The molecule has 0 atom stereocenters. The molecule has 0 saturated heterocycles. The Kier molecular flexibility index (Phi) is 3.24. The molecule has 2 aromatic heterocycles. The Labute approximate surface area is 138 Å². The highest BCUT2D eigenvalue weighted by atomic mass is 32.2. The zero-order valence-corrected chi connectivity index (χ0v) is 13.6. The lowest BCUT2D eigenvalue weighted by Gasteiger charge is -2.11. The number of hydrogen-bond acceptors (Lipinski definition) is 4. The first-order valence-electron chi connectivity index (χ1n) is 7.28. The molecule has 24 heavy (non-hydrogen) atoms.